The molecular weight excluding hydrogens is 256 g/mol. The van der Waals surface area contributed by atoms with Crippen molar-refractivity contribution in [1.82, 2.24) is 5.32 Å². The standard InChI is InChI=1S/C15H20N2O3/c1-10(19)16-13-6-2-4-11(8-13)15(20)17-14-7-3-5-12(14)9-18/h2,4,6,8,12,14,18H,3,5,7,9H2,1H3,(H,16,19)(H,17,20). The summed E-state index contributed by atoms with van der Waals surface area (Å²) in [5.74, 6) is -0.182. The highest BCUT2D eigenvalue weighted by Crippen LogP contribution is 2.25. The van der Waals surface area contributed by atoms with Crippen LogP contribution in [-0.4, -0.2) is 29.6 Å². The van der Waals surface area contributed by atoms with E-state index in [9.17, 15) is 14.7 Å². The smallest absolute Gasteiger partial charge is 0.251 e. The van der Waals surface area contributed by atoms with E-state index in [0.717, 1.165) is 19.3 Å². The highest BCUT2D eigenvalue weighted by atomic mass is 16.3. The Morgan fingerprint density at radius 3 is 2.85 bits per heavy atom. The van der Waals surface area contributed by atoms with Gasteiger partial charge in [0.1, 0.15) is 0 Å². The molecule has 5 nitrogen and oxygen atoms in total. The number of amides is 2. The van der Waals surface area contributed by atoms with Crippen LogP contribution in [0.15, 0.2) is 24.3 Å². The van der Waals surface area contributed by atoms with Crippen LogP contribution >= 0.6 is 0 Å². The van der Waals surface area contributed by atoms with Gasteiger partial charge in [-0.1, -0.05) is 12.5 Å². The second kappa shape index (κ2) is 6.52. The Balaban J connectivity index is 2.03. The van der Waals surface area contributed by atoms with Gasteiger partial charge in [-0.15, -0.1) is 0 Å². The van der Waals surface area contributed by atoms with Crippen LogP contribution in [0, 0.1) is 5.92 Å². The van der Waals surface area contributed by atoms with Crippen molar-refractivity contribution >= 4 is 17.5 Å². The van der Waals surface area contributed by atoms with E-state index in [4.69, 9.17) is 0 Å². The second-order valence-electron chi connectivity index (χ2n) is 5.22. The highest BCUT2D eigenvalue weighted by Gasteiger charge is 2.28. The fraction of sp³-hybridized carbons (Fsp3) is 0.467. The number of benzene rings is 1. The van der Waals surface area contributed by atoms with Gasteiger partial charge in [-0.25, -0.2) is 0 Å². The van der Waals surface area contributed by atoms with Crippen molar-refractivity contribution in [3.63, 3.8) is 0 Å². The van der Waals surface area contributed by atoms with Gasteiger partial charge in [0, 0.05) is 36.7 Å². The molecule has 2 unspecified atom stereocenters. The molecule has 2 amide bonds. The van der Waals surface area contributed by atoms with Gasteiger partial charge in [-0.3, -0.25) is 9.59 Å². The number of hydrogen-bond acceptors (Lipinski definition) is 3. The number of carbonyl (C=O) groups excluding carboxylic acids is 2. The van der Waals surface area contributed by atoms with Gasteiger partial charge < -0.3 is 15.7 Å². The first-order valence-electron chi connectivity index (χ1n) is 6.89. The Bertz CT molecular complexity index is 502. The molecule has 3 N–H and O–H groups in total. The normalized spacial score (nSPS) is 21.5. The van der Waals surface area contributed by atoms with E-state index >= 15 is 0 Å². The number of nitrogens with one attached hydrogen (secondary N) is 2. The quantitative estimate of drug-likeness (QED) is 0.780. The van der Waals surface area contributed by atoms with Crippen LogP contribution < -0.4 is 10.6 Å². The van der Waals surface area contributed by atoms with E-state index in [0.29, 0.717) is 11.3 Å². The van der Waals surface area contributed by atoms with Crippen molar-refractivity contribution in [1.29, 1.82) is 0 Å². The van der Waals surface area contributed by atoms with Crippen LogP contribution in [0.4, 0.5) is 5.69 Å². The summed E-state index contributed by atoms with van der Waals surface area (Å²) in [7, 11) is 0. The Morgan fingerprint density at radius 1 is 1.35 bits per heavy atom. The minimum atomic E-state index is -0.168. The summed E-state index contributed by atoms with van der Waals surface area (Å²) in [6.07, 6.45) is 2.89. The fourth-order valence-electron chi connectivity index (χ4n) is 2.64. The second-order valence-corrected chi connectivity index (χ2v) is 5.22. The molecule has 1 aliphatic carbocycles. The summed E-state index contributed by atoms with van der Waals surface area (Å²) in [6, 6.07) is 6.88. The highest BCUT2D eigenvalue weighted by molar-refractivity contribution is 5.96. The maximum Gasteiger partial charge on any atom is 0.251 e. The Hall–Kier alpha value is -1.88. The van der Waals surface area contributed by atoms with Gasteiger partial charge in [0.05, 0.1) is 0 Å². The van der Waals surface area contributed by atoms with Crippen LogP contribution in [0.3, 0.4) is 0 Å². The number of anilines is 1. The number of carbonyl (C=O) groups is 2. The molecule has 2 rings (SSSR count). The molecule has 108 valence electrons. The van der Waals surface area contributed by atoms with Crippen LogP contribution in [0.5, 0.6) is 0 Å². The van der Waals surface area contributed by atoms with Crippen LogP contribution in [0.25, 0.3) is 0 Å². The maximum absolute atomic E-state index is 12.2. The average Bonchev–Trinajstić information content (AvgIpc) is 2.85. The van der Waals surface area contributed by atoms with Gasteiger partial charge in [-0.2, -0.15) is 0 Å². The number of aliphatic hydroxyl groups excluding tert-OH is 1. The predicted molar refractivity (Wildman–Crippen MR) is 76.4 cm³/mol. The van der Waals surface area contributed by atoms with Crippen LogP contribution in [-0.2, 0) is 4.79 Å². The van der Waals surface area contributed by atoms with Gasteiger partial charge in [-0.05, 0) is 31.0 Å². The summed E-state index contributed by atoms with van der Waals surface area (Å²) in [5, 5.41) is 14.9. The molecule has 2 atom stereocenters. The first kappa shape index (κ1) is 14.5. The third kappa shape index (κ3) is 3.57. The molecule has 0 heterocycles. The molecule has 5 heteroatoms. The van der Waals surface area contributed by atoms with Gasteiger partial charge in [0.2, 0.25) is 5.91 Å². The number of rotatable bonds is 4. The van der Waals surface area contributed by atoms with Crippen LogP contribution in [0.1, 0.15) is 36.5 Å². The molecule has 0 spiro atoms. The van der Waals surface area contributed by atoms with E-state index in [1.165, 1.54) is 6.92 Å². The maximum atomic E-state index is 12.2. The first-order chi connectivity index (χ1) is 9.60. The molecule has 1 fully saturated rings. The van der Waals surface area contributed by atoms with Crippen LogP contribution in [0.2, 0.25) is 0 Å². The third-order valence-corrected chi connectivity index (χ3v) is 3.66. The first-order valence-corrected chi connectivity index (χ1v) is 6.89. The molecule has 1 aromatic carbocycles. The van der Waals surface area contributed by atoms with Crippen molar-refractivity contribution in [2.24, 2.45) is 5.92 Å². The lowest BCUT2D eigenvalue weighted by Gasteiger charge is -2.19. The SMILES string of the molecule is CC(=O)Nc1cccc(C(=O)NC2CCCC2CO)c1. The average molecular weight is 276 g/mol. The molecule has 0 aliphatic heterocycles. The van der Waals surface area contributed by atoms with Crippen molar-refractivity contribution in [2.45, 2.75) is 32.2 Å². The summed E-state index contributed by atoms with van der Waals surface area (Å²) < 4.78 is 0. The summed E-state index contributed by atoms with van der Waals surface area (Å²) in [5.41, 5.74) is 1.12. The monoisotopic (exact) mass is 276 g/mol. The zero-order valence-electron chi connectivity index (χ0n) is 11.6. The largest absolute Gasteiger partial charge is 0.396 e. The molecule has 0 aromatic heterocycles. The lowest BCUT2D eigenvalue weighted by molar-refractivity contribution is -0.114. The Morgan fingerprint density at radius 2 is 2.15 bits per heavy atom. The van der Waals surface area contributed by atoms with Crippen molar-refractivity contribution < 1.29 is 14.7 Å². The summed E-state index contributed by atoms with van der Waals surface area (Å²) in [6.45, 7) is 1.54. The molecule has 0 bridgehead atoms. The molecular formula is C15H20N2O3. The predicted octanol–water partition coefficient (Wildman–Crippen LogP) is 1.54. The lowest BCUT2D eigenvalue weighted by atomic mass is 10.0. The molecule has 0 radical (unpaired) electrons. The van der Waals surface area contributed by atoms with E-state index in [2.05, 4.69) is 10.6 Å². The summed E-state index contributed by atoms with van der Waals surface area (Å²) in [4.78, 5) is 23.2. The van der Waals surface area contributed by atoms with E-state index in [-0.39, 0.29) is 30.4 Å². The molecule has 1 aliphatic rings. The Kier molecular flexibility index (Phi) is 4.74. The van der Waals surface area contributed by atoms with Crippen molar-refractivity contribution in [3.05, 3.63) is 29.8 Å². The molecule has 20 heavy (non-hydrogen) atoms. The molecule has 1 saturated carbocycles. The Labute approximate surface area is 118 Å². The molecule has 1 aromatic rings. The van der Waals surface area contributed by atoms with Gasteiger partial charge in [0.15, 0.2) is 0 Å². The van der Waals surface area contributed by atoms with E-state index < -0.39 is 0 Å². The zero-order chi connectivity index (χ0) is 14.5. The molecule has 0 saturated heterocycles. The minimum absolute atomic E-state index is 0.0388. The van der Waals surface area contributed by atoms with Gasteiger partial charge in [0.25, 0.3) is 5.91 Å². The topological polar surface area (TPSA) is 78.4 Å². The fourth-order valence-corrected chi connectivity index (χ4v) is 2.64. The van der Waals surface area contributed by atoms with E-state index in [1.54, 1.807) is 24.3 Å². The lowest BCUT2D eigenvalue weighted by Crippen LogP contribution is -2.38. The number of hydrogen-bond donors (Lipinski definition) is 3. The van der Waals surface area contributed by atoms with Crippen molar-refractivity contribution in [3.8, 4) is 0 Å². The third-order valence-electron chi connectivity index (χ3n) is 3.66. The number of aliphatic hydroxyl groups is 1. The summed E-state index contributed by atoms with van der Waals surface area (Å²) >= 11 is 0. The minimum Gasteiger partial charge on any atom is -0.396 e. The van der Waals surface area contributed by atoms with E-state index in [1.807, 2.05) is 0 Å². The van der Waals surface area contributed by atoms with Gasteiger partial charge >= 0.3 is 0 Å². The zero-order valence-corrected chi connectivity index (χ0v) is 11.6. The van der Waals surface area contributed by atoms with Crippen molar-refractivity contribution in [2.75, 3.05) is 11.9 Å².